The third kappa shape index (κ3) is 1.63. The number of anilines is 1. The zero-order valence-electron chi connectivity index (χ0n) is 7.91. The SMILES string of the molecule is Cc1ccc2c(c1)SC(CN)C(=O)N2. The molecule has 2 rings (SSSR count). The van der Waals surface area contributed by atoms with Crippen molar-refractivity contribution >= 4 is 23.4 Å². The molecule has 0 aliphatic carbocycles. The minimum atomic E-state index is -0.149. The molecule has 4 heteroatoms. The highest BCUT2D eigenvalue weighted by Crippen LogP contribution is 2.35. The van der Waals surface area contributed by atoms with Crippen LogP contribution < -0.4 is 11.1 Å². The van der Waals surface area contributed by atoms with Gasteiger partial charge in [-0.25, -0.2) is 0 Å². The summed E-state index contributed by atoms with van der Waals surface area (Å²) in [7, 11) is 0. The number of thioether (sulfide) groups is 1. The number of hydrogen-bond donors (Lipinski definition) is 2. The van der Waals surface area contributed by atoms with Crippen LogP contribution >= 0.6 is 11.8 Å². The molecule has 1 aliphatic heterocycles. The Hall–Kier alpha value is -1.00. The minimum absolute atomic E-state index is 0.00820. The maximum absolute atomic E-state index is 11.5. The lowest BCUT2D eigenvalue weighted by Gasteiger charge is -2.23. The highest BCUT2D eigenvalue weighted by molar-refractivity contribution is 8.01. The topological polar surface area (TPSA) is 55.1 Å². The molecule has 74 valence electrons. The Balaban J connectivity index is 2.36. The second-order valence-electron chi connectivity index (χ2n) is 3.33. The van der Waals surface area contributed by atoms with Crippen molar-refractivity contribution in [3.8, 4) is 0 Å². The summed E-state index contributed by atoms with van der Waals surface area (Å²) >= 11 is 1.54. The second-order valence-corrected chi connectivity index (χ2v) is 4.58. The van der Waals surface area contributed by atoms with E-state index in [1.165, 1.54) is 5.56 Å². The van der Waals surface area contributed by atoms with Gasteiger partial charge < -0.3 is 11.1 Å². The van der Waals surface area contributed by atoms with Gasteiger partial charge in [0.05, 0.1) is 5.69 Å². The van der Waals surface area contributed by atoms with Crippen LogP contribution in [-0.2, 0) is 4.79 Å². The average Bonchev–Trinajstić information content (AvgIpc) is 2.17. The average molecular weight is 208 g/mol. The molecule has 1 atom stereocenters. The quantitative estimate of drug-likeness (QED) is 0.732. The van der Waals surface area contributed by atoms with E-state index in [0.29, 0.717) is 6.54 Å². The van der Waals surface area contributed by atoms with Crippen LogP contribution in [0.5, 0.6) is 0 Å². The summed E-state index contributed by atoms with van der Waals surface area (Å²) in [5.41, 5.74) is 7.60. The molecule has 0 saturated carbocycles. The Kier molecular flexibility index (Phi) is 2.48. The molecular formula is C10H12N2OS. The van der Waals surface area contributed by atoms with Gasteiger partial charge in [-0.3, -0.25) is 4.79 Å². The summed E-state index contributed by atoms with van der Waals surface area (Å²) in [6, 6.07) is 5.99. The molecule has 1 aromatic rings. The molecule has 1 aliphatic rings. The van der Waals surface area contributed by atoms with E-state index in [2.05, 4.69) is 11.4 Å². The fraction of sp³-hybridized carbons (Fsp3) is 0.300. The van der Waals surface area contributed by atoms with Gasteiger partial charge in [-0.15, -0.1) is 11.8 Å². The summed E-state index contributed by atoms with van der Waals surface area (Å²) in [6.45, 7) is 2.42. The normalized spacial score (nSPS) is 20.1. The van der Waals surface area contributed by atoms with Crippen molar-refractivity contribution in [2.45, 2.75) is 17.1 Å². The number of hydrogen-bond acceptors (Lipinski definition) is 3. The highest BCUT2D eigenvalue weighted by Gasteiger charge is 2.25. The van der Waals surface area contributed by atoms with E-state index in [1.54, 1.807) is 11.8 Å². The maximum atomic E-state index is 11.5. The molecule has 1 unspecified atom stereocenters. The first kappa shape index (κ1) is 9.55. The molecule has 1 heterocycles. The molecule has 0 radical (unpaired) electrons. The lowest BCUT2D eigenvalue weighted by molar-refractivity contribution is -0.115. The van der Waals surface area contributed by atoms with E-state index >= 15 is 0 Å². The van der Waals surface area contributed by atoms with Gasteiger partial charge in [-0.2, -0.15) is 0 Å². The van der Waals surface area contributed by atoms with Crippen LogP contribution in [0.1, 0.15) is 5.56 Å². The van der Waals surface area contributed by atoms with Crippen molar-refractivity contribution in [2.24, 2.45) is 5.73 Å². The van der Waals surface area contributed by atoms with Crippen molar-refractivity contribution in [1.82, 2.24) is 0 Å². The Morgan fingerprint density at radius 1 is 1.57 bits per heavy atom. The summed E-state index contributed by atoms with van der Waals surface area (Å²) in [5.74, 6) is 0.00820. The standard InChI is InChI=1S/C10H12N2OS/c1-6-2-3-7-8(4-6)14-9(5-11)10(13)12-7/h2-4,9H,5,11H2,1H3,(H,12,13). The molecule has 1 amide bonds. The Labute approximate surface area is 87.1 Å². The number of carbonyl (C=O) groups is 1. The molecular weight excluding hydrogens is 196 g/mol. The van der Waals surface area contributed by atoms with Gasteiger partial charge in [0, 0.05) is 11.4 Å². The first-order valence-electron chi connectivity index (χ1n) is 4.49. The third-order valence-corrected chi connectivity index (χ3v) is 3.45. The smallest absolute Gasteiger partial charge is 0.239 e. The zero-order chi connectivity index (χ0) is 10.1. The van der Waals surface area contributed by atoms with Gasteiger partial charge in [-0.05, 0) is 24.6 Å². The summed E-state index contributed by atoms with van der Waals surface area (Å²) < 4.78 is 0. The fourth-order valence-corrected chi connectivity index (χ4v) is 2.47. The van der Waals surface area contributed by atoms with Crippen LogP contribution in [0.4, 0.5) is 5.69 Å². The number of fused-ring (bicyclic) bond motifs is 1. The number of amides is 1. The van der Waals surface area contributed by atoms with Crippen molar-refractivity contribution in [3.05, 3.63) is 23.8 Å². The minimum Gasteiger partial charge on any atom is -0.329 e. The predicted octanol–water partition coefficient (Wildman–Crippen LogP) is 1.37. The second kappa shape index (κ2) is 3.63. The van der Waals surface area contributed by atoms with Gasteiger partial charge in [-0.1, -0.05) is 6.07 Å². The van der Waals surface area contributed by atoms with Crippen molar-refractivity contribution in [1.29, 1.82) is 0 Å². The maximum Gasteiger partial charge on any atom is 0.239 e. The van der Waals surface area contributed by atoms with Gasteiger partial charge in [0.1, 0.15) is 5.25 Å². The molecule has 3 N–H and O–H groups in total. The first-order valence-corrected chi connectivity index (χ1v) is 5.37. The van der Waals surface area contributed by atoms with Crippen LogP contribution in [0.3, 0.4) is 0 Å². The molecule has 0 bridgehead atoms. The van der Waals surface area contributed by atoms with Gasteiger partial charge >= 0.3 is 0 Å². The summed E-state index contributed by atoms with van der Waals surface area (Å²) in [6.07, 6.45) is 0. The van der Waals surface area contributed by atoms with E-state index < -0.39 is 0 Å². The number of benzene rings is 1. The van der Waals surface area contributed by atoms with Crippen molar-refractivity contribution in [3.63, 3.8) is 0 Å². The summed E-state index contributed by atoms with van der Waals surface area (Å²) in [5, 5.41) is 2.70. The van der Waals surface area contributed by atoms with Crippen molar-refractivity contribution in [2.75, 3.05) is 11.9 Å². The number of aryl methyl sites for hydroxylation is 1. The van der Waals surface area contributed by atoms with Gasteiger partial charge in [0.15, 0.2) is 0 Å². The van der Waals surface area contributed by atoms with Crippen LogP contribution in [0.25, 0.3) is 0 Å². The van der Waals surface area contributed by atoms with Gasteiger partial charge in [0.2, 0.25) is 5.91 Å². The van der Waals surface area contributed by atoms with Crippen LogP contribution in [0, 0.1) is 6.92 Å². The molecule has 1 aromatic carbocycles. The molecule has 3 nitrogen and oxygen atoms in total. The lowest BCUT2D eigenvalue weighted by atomic mass is 10.2. The number of rotatable bonds is 1. The largest absolute Gasteiger partial charge is 0.329 e. The zero-order valence-corrected chi connectivity index (χ0v) is 8.73. The Bertz CT molecular complexity index is 378. The van der Waals surface area contributed by atoms with Gasteiger partial charge in [0.25, 0.3) is 0 Å². The first-order chi connectivity index (χ1) is 6.70. The van der Waals surface area contributed by atoms with Crippen LogP contribution in [0.15, 0.2) is 23.1 Å². The van der Waals surface area contributed by atoms with E-state index in [0.717, 1.165) is 10.6 Å². The van der Waals surface area contributed by atoms with E-state index in [1.807, 2.05) is 19.1 Å². The number of carbonyl (C=O) groups excluding carboxylic acids is 1. The lowest BCUT2D eigenvalue weighted by Crippen LogP contribution is -2.34. The molecule has 0 spiro atoms. The molecule has 14 heavy (non-hydrogen) atoms. The third-order valence-electron chi connectivity index (χ3n) is 2.17. The monoisotopic (exact) mass is 208 g/mol. The Morgan fingerprint density at radius 2 is 2.36 bits per heavy atom. The highest BCUT2D eigenvalue weighted by atomic mass is 32.2. The molecule has 0 aromatic heterocycles. The summed E-state index contributed by atoms with van der Waals surface area (Å²) in [4.78, 5) is 12.6. The van der Waals surface area contributed by atoms with Crippen LogP contribution in [0.2, 0.25) is 0 Å². The van der Waals surface area contributed by atoms with E-state index in [4.69, 9.17) is 5.73 Å². The fourth-order valence-electron chi connectivity index (χ4n) is 1.41. The van der Waals surface area contributed by atoms with Crippen molar-refractivity contribution < 1.29 is 4.79 Å². The molecule has 0 saturated heterocycles. The predicted molar refractivity (Wildman–Crippen MR) is 58.5 cm³/mol. The number of nitrogens with one attached hydrogen (secondary N) is 1. The van der Waals surface area contributed by atoms with E-state index in [9.17, 15) is 4.79 Å². The van der Waals surface area contributed by atoms with Crippen LogP contribution in [-0.4, -0.2) is 17.7 Å². The molecule has 0 fully saturated rings. The number of nitrogens with two attached hydrogens (primary N) is 1. The van der Waals surface area contributed by atoms with E-state index in [-0.39, 0.29) is 11.2 Å². The Morgan fingerprint density at radius 3 is 3.07 bits per heavy atom.